The monoisotopic (exact) mass is 444 g/mol. The molecule has 0 aliphatic heterocycles. The van der Waals surface area contributed by atoms with Crippen molar-refractivity contribution in [1.29, 1.82) is 0 Å². The molecular formula is C21H40O6Si2. The maximum absolute atomic E-state index is 6.07. The smallest absolute Gasteiger partial charge is 0.374 e. The van der Waals surface area contributed by atoms with Crippen LogP contribution < -0.4 is 5.19 Å². The summed E-state index contributed by atoms with van der Waals surface area (Å²) in [6, 6.07) is 7.18. The van der Waals surface area contributed by atoms with Crippen molar-refractivity contribution < 1.29 is 26.6 Å². The molecular weight excluding hydrogens is 404 g/mol. The third kappa shape index (κ3) is 7.55. The molecule has 1 aromatic carbocycles. The van der Waals surface area contributed by atoms with E-state index in [1.807, 2.05) is 41.5 Å². The van der Waals surface area contributed by atoms with Crippen molar-refractivity contribution >= 4 is 22.8 Å². The molecule has 29 heavy (non-hydrogen) atoms. The molecule has 0 saturated carbocycles. The van der Waals surface area contributed by atoms with Crippen LogP contribution in [0.25, 0.3) is 0 Å². The van der Waals surface area contributed by atoms with Crippen molar-refractivity contribution in [3.8, 4) is 0 Å². The highest BCUT2D eigenvalue weighted by atomic mass is 28.4. The Morgan fingerprint density at radius 3 is 1.48 bits per heavy atom. The first-order valence-electron chi connectivity index (χ1n) is 10.9. The molecule has 0 saturated heterocycles. The Morgan fingerprint density at radius 2 is 1.10 bits per heavy atom. The average Bonchev–Trinajstić information content (AvgIpc) is 2.67. The van der Waals surface area contributed by atoms with Crippen molar-refractivity contribution in [3.05, 3.63) is 29.3 Å². The number of hydrogen-bond donors (Lipinski definition) is 0. The van der Waals surface area contributed by atoms with Crippen LogP contribution in [0.4, 0.5) is 0 Å². The van der Waals surface area contributed by atoms with Crippen LogP contribution in [0.1, 0.15) is 52.7 Å². The van der Waals surface area contributed by atoms with Crippen LogP contribution in [0.5, 0.6) is 0 Å². The van der Waals surface area contributed by atoms with Crippen LogP contribution >= 0.6 is 0 Å². The van der Waals surface area contributed by atoms with E-state index in [-0.39, 0.29) is 0 Å². The van der Waals surface area contributed by atoms with E-state index in [9.17, 15) is 0 Å². The van der Waals surface area contributed by atoms with E-state index in [0.29, 0.717) is 39.6 Å². The summed E-state index contributed by atoms with van der Waals surface area (Å²) in [6.45, 7) is 17.4. The van der Waals surface area contributed by atoms with Crippen LogP contribution in [0, 0.1) is 6.92 Å². The minimum absolute atomic E-state index is 0.554. The SMILES string of the molecule is CCO[Si](CCc1ccc([Si](OCC)(OCC)OCC)c(C)c1)(OCC)OCC. The summed E-state index contributed by atoms with van der Waals surface area (Å²) in [6.07, 6.45) is 0.833. The standard InChI is InChI=1S/C21H40O6Si2/c1-8-22-28(23-9-2,24-10-3)17-16-20-14-15-21(19(7)18-20)29(25-11-4,26-12-5)27-13-6/h14-15,18H,8-13,16-17H2,1-7H3. The molecule has 0 N–H and O–H groups in total. The van der Waals surface area contributed by atoms with E-state index in [4.69, 9.17) is 26.6 Å². The fraction of sp³-hybridized carbons (Fsp3) is 0.714. The van der Waals surface area contributed by atoms with E-state index >= 15 is 0 Å². The molecule has 1 aromatic rings. The van der Waals surface area contributed by atoms with Gasteiger partial charge in [0, 0.05) is 50.9 Å². The van der Waals surface area contributed by atoms with E-state index in [0.717, 1.165) is 23.2 Å². The molecule has 0 bridgehead atoms. The van der Waals surface area contributed by atoms with E-state index in [1.165, 1.54) is 5.56 Å². The van der Waals surface area contributed by atoms with Gasteiger partial charge in [-0.25, -0.2) is 0 Å². The van der Waals surface area contributed by atoms with Crippen LogP contribution in [0.2, 0.25) is 6.04 Å². The zero-order valence-corrected chi connectivity index (χ0v) is 21.3. The lowest BCUT2D eigenvalue weighted by atomic mass is 10.1. The van der Waals surface area contributed by atoms with Gasteiger partial charge < -0.3 is 26.6 Å². The van der Waals surface area contributed by atoms with Gasteiger partial charge in [-0.2, -0.15) is 0 Å². The summed E-state index contributed by atoms with van der Waals surface area (Å²) in [5, 5.41) is 1.04. The van der Waals surface area contributed by atoms with Gasteiger partial charge in [-0.05, 0) is 66.0 Å². The highest BCUT2D eigenvalue weighted by molar-refractivity contribution is 6.75. The zero-order chi connectivity index (χ0) is 21.8. The van der Waals surface area contributed by atoms with Crippen molar-refractivity contribution in [2.45, 2.75) is 60.9 Å². The molecule has 0 radical (unpaired) electrons. The molecule has 0 atom stereocenters. The van der Waals surface area contributed by atoms with Crippen LogP contribution in [-0.2, 0) is 33.0 Å². The number of rotatable bonds is 16. The Balaban J connectivity index is 3.08. The summed E-state index contributed by atoms with van der Waals surface area (Å²) < 4.78 is 36.1. The van der Waals surface area contributed by atoms with E-state index < -0.39 is 17.6 Å². The Bertz CT molecular complexity index is 550. The molecule has 0 amide bonds. The van der Waals surface area contributed by atoms with Gasteiger partial charge in [0.25, 0.3) is 0 Å². The van der Waals surface area contributed by atoms with Crippen molar-refractivity contribution in [3.63, 3.8) is 0 Å². The molecule has 0 heterocycles. The van der Waals surface area contributed by atoms with E-state index in [1.54, 1.807) is 0 Å². The summed E-state index contributed by atoms with van der Waals surface area (Å²) in [5.41, 5.74) is 2.34. The minimum Gasteiger partial charge on any atom is -0.374 e. The first kappa shape index (κ1) is 26.4. The van der Waals surface area contributed by atoms with Crippen molar-refractivity contribution in [1.82, 2.24) is 0 Å². The number of aryl methyl sites for hydroxylation is 2. The minimum atomic E-state index is -2.90. The molecule has 0 fully saturated rings. The Labute approximate surface area is 179 Å². The van der Waals surface area contributed by atoms with Crippen LogP contribution in [-0.4, -0.2) is 57.3 Å². The second-order valence-corrected chi connectivity index (χ2v) is 11.7. The van der Waals surface area contributed by atoms with Gasteiger partial charge in [-0.15, -0.1) is 0 Å². The first-order valence-corrected chi connectivity index (χ1v) is 14.6. The number of benzene rings is 1. The lowest BCUT2D eigenvalue weighted by Crippen LogP contribution is -2.57. The Morgan fingerprint density at radius 1 is 0.655 bits per heavy atom. The van der Waals surface area contributed by atoms with Gasteiger partial charge >= 0.3 is 17.6 Å². The summed E-state index contributed by atoms with van der Waals surface area (Å²) in [7, 11) is -5.55. The second kappa shape index (κ2) is 13.7. The van der Waals surface area contributed by atoms with E-state index in [2.05, 4.69) is 25.1 Å². The fourth-order valence-corrected chi connectivity index (χ4v) is 8.75. The maximum atomic E-state index is 6.07. The molecule has 0 aromatic heterocycles. The topological polar surface area (TPSA) is 55.4 Å². The normalized spacial score (nSPS) is 12.5. The lowest BCUT2D eigenvalue weighted by Gasteiger charge is -2.30. The van der Waals surface area contributed by atoms with Gasteiger partial charge in [-0.1, -0.05) is 18.2 Å². The van der Waals surface area contributed by atoms with Gasteiger partial charge in [-0.3, -0.25) is 0 Å². The predicted octanol–water partition coefficient (Wildman–Crippen LogP) is 3.84. The zero-order valence-electron chi connectivity index (χ0n) is 19.3. The second-order valence-electron chi connectivity index (χ2n) is 6.49. The van der Waals surface area contributed by atoms with Gasteiger partial charge in [0.1, 0.15) is 0 Å². The molecule has 6 nitrogen and oxygen atoms in total. The largest absolute Gasteiger partial charge is 0.537 e. The quantitative estimate of drug-likeness (QED) is 0.361. The number of hydrogen-bond acceptors (Lipinski definition) is 6. The third-order valence-corrected chi connectivity index (χ3v) is 10.7. The summed E-state index contributed by atoms with van der Waals surface area (Å²) >= 11 is 0. The molecule has 168 valence electrons. The summed E-state index contributed by atoms with van der Waals surface area (Å²) in [4.78, 5) is 0. The van der Waals surface area contributed by atoms with Crippen LogP contribution in [0.15, 0.2) is 18.2 Å². The molecule has 1 rings (SSSR count). The van der Waals surface area contributed by atoms with Gasteiger partial charge in [0.15, 0.2) is 0 Å². The van der Waals surface area contributed by atoms with Crippen molar-refractivity contribution in [2.75, 3.05) is 39.6 Å². The molecule has 0 aliphatic carbocycles. The van der Waals surface area contributed by atoms with Crippen LogP contribution in [0.3, 0.4) is 0 Å². The lowest BCUT2D eigenvalue weighted by molar-refractivity contribution is 0.0713. The molecule has 0 spiro atoms. The highest BCUT2D eigenvalue weighted by Gasteiger charge is 2.44. The highest BCUT2D eigenvalue weighted by Crippen LogP contribution is 2.21. The average molecular weight is 445 g/mol. The fourth-order valence-electron chi connectivity index (χ4n) is 3.45. The Hall–Kier alpha value is -0.586. The molecule has 0 aliphatic rings. The first-order chi connectivity index (χ1) is 14.0. The molecule has 0 unspecified atom stereocenters. The Kier molecular flexibility index (Phi) is 12.5. The third-order valence-electron chi connectivity index (χ3n) is 4.44. The maximum Gasteiger partial charge on any atom is 0.537 e. The van der Waals surface area contributed by atoms with Gasteiger partial charge in [0.05, 0.1) is 0 Å². The van der Waals surface area contributed by atoms with Gasteiger partial charge in [0.2, 0.25) is 0 Å². The molecule has 8 heteroatoms. The van der Waals surface area contributed by atoms with Crippen molar-refractivity contribution in [2.24, 2.45) is 0 Å². The predicted molar refractivity (Wildman–Crippen MR) is 121 cm³/mol. The summed E-state index contributed by atoms with van der Waals surface area (Å²) in [5.74, 6) is 0.